The van der Waals surface area contributed by atoms with Gasteiger partial charge in [-0.2, -0.15) is 11.8 Å². The molecule has 2 unspecified atom stereocenters. The SMILES string of the molecule is CSC1CC2CCC(C1)N2C(=O)Cn1cnc2c1c(=O)n(C)c(=O)n2C. The number of aromatic nitrogens is 4. The molecule has 2 bridgehead atoms. The van der Waals surface area contributed by atoms with Crippen LogP contribution in [0.5, 0.6) is 0 Å². The molecule has 2 saturated heterocycles. The van der Waals surface area contributed by atoms with Crippen molar-refractivity contribution in [1.29, 1.82) is 0 Å². The van der Waals surface area contributed by atoms with Crippen molar-refractivity contribution < 1.29 is 4.79 Å². The number of amides is 1. The highest BCUT2D eigenvalue weighted by Gasteiger charge is 2.42. The van der Waals surface area contributed by atoms with Gasteiger partial charge >= 0.3 is 5.69 Å². The number of fused-ring (bicyclic) bond motifs is 3. The van der Waals surface area contributed by atoms with Crippen LogP contribution in [0.1, 0.15) is 25.7 Å². The second-order valence-corrected chi connectivity index (χ2v) is 8.40. The minimum absolute atomic E-state index is 0.0345. The van der Waals surface area contributed by atoms with E-state index in [0.29, 0.717) is 28.5 Å². The maximum Gasteiger partial charge on any atom is 0.332 e. The Hall–Kier alpha value is -2.03. The third-order valence-electron chi connectivity index (χ3n) is 5.83. The molecule has 0 aliphatic carbocycles. The molecular weight excluding hydrogens is 354 g/mol. The lowest BCUT2D eigenvalue weighted by molar-refractivity contribution is -0.136. The summed E-state index contributed by atoms with van der Waals surface area (Å²) >= 11 is 1.89. The summed E-state index contributed by atoms with van der Waals surface area (Å²) in [6.07, 6.45) is 7.84. The Bertz CT molecular complexity index is 977. The average Bonchev–Trinajstić information content (AvgIpc) is 3.16. The zero-order chi connectivity index (χ0) is 18.6. The van der Waals surface area contributed by atoms with E-state index < -0.39 is 11.2 Å². The summed E-state index contributed by atoms with van der Waals surface area (Å²) < 4.78 is 3.98. The first-order valence-corrected chi connectivity index (χ1v) is 10.2. The van der Waals surface area contributed by atoms with E-state index >= 15 is 0 Å². The fourth-order valence-corrected chi connectivity index (χ4v) is 5.30. The zero-order valence-electron chi connectivity index (χ0n) is 15.2. The molecular formula is C17H23N5O3S. The highest BCUT2D eigenvalue weighted by atomic mass is 32.2. The van der Waals surface area contributed by atoms with Crippen LogP contribution in [0.15, 0.2) is 15.9 Å². The first-order valence-electron chi connectivity index (χ1n) is 8.87. The van der Waals surface area contributed by atoms with Crippen molar-refractivity contribution in [3.63, 3.8) is 0 Å². The van der Waals surface area contributed by atoms with Crippen molar-refractivity contribution >= 4 is 28.8 Å². The van der Waals surface area contributed by atoms with Crippen LogP contribution in [-0.4, -0.2) is 53.1 Å². The van der Waals surface area contributed by atoms with Crippen molar-refractivity contribution in [2.45, 2.75) is 49.6 Å². The molecule has 2 aliphatic rings. The molecule has 26 heavy (non-hydrogen) atoms. The molecule has 2 atom stereocenters. The Morgan fingerprint density at radius 2 is 1.85 bits per heavy atom. The predicted octanol–water partition coefficient (Wildman–Crippen LogP) is 0.319. The van der Waals surface area contributed by atoms with E-state index in [4.69, 9.17) is 0 Å². The van der Waals surface area contributed by atoms with Gasteiger partial charge in [-0.1, -0.05) is 0 Å². The van der Waals surface area contributed by atoms with Crippen LogP contribution in [0.2, 0.25) is 0 Å². The number of carbonyl (C=O) groups excluding carboxylic acids is 1. The number of hydrogen-bond acceptors (Lipinski definition) is 5. The number of carbonyl (C=O) groups is 1. The number of aryl methyl sites for hydroxylation is 1. The number of hydrogen-bond donors (Lipinski definition) is 0. The van der Waals surface area contributed by atoms with E-state index in [-0.39, 0.29) is 12.5 Å². The molecule has 8 nitrogen and oxygen atoms in total. The minimum Gasteiger partial charge on any atom is -0.335 e. The van der Waals surface area contributed by atoms with Gasteiger partial charge in [0.25, 0.3) is 5.56 Å². The summed E-state index contributed by atoms with van der Waals surface area (Å²) in [5, 5.41) is 0.632. The van der Waals surface area contributed by atoms with Crippen molar-refractivity contribution in [3.05, 3.63) is 27.2 Å². The van der Waals surface area contributed by atoms with Gasteiger partial charge in [0.05, 0.1) is 6.33 Å². The highest BCUT2D eigenvalue weighted by Crippen LogP contribution is 2.39. The zero-order valence-corrected chi connectivity index (χ0v) is 16.0. The largest absolute Gasteiger partial charge is 0.335 e. The third-order valence-corrected chi connectivity index (χ3v) is 6.89. The van der Waals surface area contributed by atoms with Gasteiger partial charge in [0.1, 0.15) is 6.54 Å². The van der Waals surface area contributed by atoms with E-state index in [1.165, 1.54) is 17.9 Å². The standard InChI is InChI=1S/C17H23N5O3S/c1-19-15-14(16(24)20(2)17(19)25)21(9-18-15)8-13(23)22-10-4-5-11(22)7-12(6-10)26-3/h9-12H,4-8H2,1-3H3. The van der Waals surface area contributed by atoms with Crippen LogP contribution in [0, 0.1) is 0 Å². The molecule has 2 fully saturated rings. The molecule has 4 rings (SSSR count). The maximum absolute atomic E-state index is 13.0. The number of thioether (sulfide) groups is 1. The molecule has 4 heterocycles. The molecule has 2 aromatic rings. The number of imidazole rings is 1. The van der Waals surface area contributed by atoms with Crippen molar-refractivity contribution in [1.82, 2.24) is 23.6 Å². The smallest absolute Gasteiger partial charge is 0.332 e. The van der Waals surface area contributed by atoms with Crippen LogP contribution in [-0.2, 0) is 25.4 Å². The third kappa shape index (κ3) is 2.52. The van der Waals surface area contributed by atoms with Crippen molar-refractivity contribution in [2.24, 2.45) is 14.1 Å². The monoisotopic (exact) mass is 377 g/mol. The van der Waals surface area contributed by atoms with Crippen LogP contribution in [0.4, 0.5) is 0 Å². The van der Waals surface area contributed by atoms with Gasteiger partial charge in [-0.25, -0.2) is 9.78 Å². The summed E-state index contributed by atoms with van der Waals surface area (Å²) in [5.74, 6) is 0.0345. The van der Waals surface area contributed by atoms with Crippen molar-refractivity contribution in [3.8, 4) is 0 Å². The van der Waals surface area contributed by atoms with E-state index in [1.807, 2.05) is 16.7 Å². The molecule has 1 amide bonds. The molecule has 140 valence electrons. The quantitative estimate of drug-likeness (QED) is 0.769. The average molecular weight is 377 g/mol. The summed E-state index contributed by atoms with van der Waals surface area (Å²) in [6.45, 7) is 0.0842. The summed E-state index contributed by atoms with van der Waals surface area (Å²) in [6, 6.07) is 0.612. The summed E-state index contributed by atoms with van der Waals surface area (Å²) in [4.78, 5) is 43.8. The van der Waals surface area contributed by atoms with E-state index in [2.05, 4.69) is 11.2 Å². The highest BCUT2D eigenvalue weighted by molar-refractivity contribution is 7.99. The van der Waals surface area contributed by atoms with Crippen LogP contribution < -0.4 is 11.2 Å². The van der Waals surface area contributed by atoms with Crippen LogP contribution in [0.3, 0.4) is 0 Å². The van der Waals surface area contributed by atoms with Gasteiger partial charge in [0.15, 0.2) is 11.2 Å². The Kier molecular flexibility index (Phi) is 4.21. The van der Waals surface area contributed by atoms with Crippen molar-refractivity contribution in [2.75, 3.05) is 6.26 Å². The normalized spacial score (nSPS) is 25.2. The molecule has 0 saturated carbocycles. The second kappa shape index (κ2) is 6.29. The summed E-state index contributed by atoms with van der Waals surface area (Å²) in [5.41, 5.74) is -0.224. The maximum atomic E-state index is 13.0. The Morgan fingerprint density at radius 3 is 2.46 bits per heavy atom. The second-order valence-electron chi connectivity index (χ2n) is 7.27. The molecule has 9 heteroatoms. The lowest BCUT2D eigenvalue weighted by Gasteiger charge is -2.38. The molecule has 2 aliphatic heterocycles. The van der Waals surface area contributed by atoms with Gasteiger partial charge in [-0.15, -0.1) is 0 Å². The van der Waals surface area contributed by atoms with Gasteiger partial charge in [-0.3, -0.25) is 18.7 Å². The molecule has 0 N–H and O–H groups in total. The topological polar surface area (TPSA) is 82.1 Å². The summed E-state index contributed by atoms with van der Waals surface area (Å²) in [7, 11) is 3.02. The fourth-order valence-electron chi connectivity index (χ4n) is 4.47. The lowest BCUT2D eigenvalue weighted by Crippen LogP contribution is -2.48. The van der Waals surface area contributed by atoms with Crippen LogP contribution >= 0.6 is 11.8 Å². The first-order chi connectivity index (χ1) is 12.4. The molecule has 2 aromatic heterocycles. The Morgan fingerprint density at radius 1 is 1.19 bits per heavy atom. The lowest BCUT2D eigenvalue weighted by atomic mass is 10.0. The minimum atomic E-state index is -0.420. The number of piperidine rings is 1. The van der Waals surface area contributed by atoms with E-state index in [9.17, 15) is 14.4 Å². The number of rotatable bonds is 3. The Labute approximate surface area is 154 Å². The van der Waals surface area contributed by atoms with Gasteiger partial charge in [0.2, 0.25) is 5.91 Å². The van der Waals surface area contributed by atoms with Gasteiger partial charge in [0, 0.05) is 31.4 Å². The van der Waals surface area contributed by atoms with Crippen LogP contribution in [0.25, 0.3) is 11.2 Å². The van der Waals surface area contributed by atoms with Gasteiger partial charge in [-0.05, 0) is 31.9 Å². The fraction of sp³-hybridized carbons (Fsp3) is 0.647. The molecule has 0 radical (unpaired) electrons. The molecule has 0 spiro atoms. The molecule has 0 aromatic carbocycles. The first kappa shape index (κ1) is 17.4. The van der Waals surface area contributed by atoms with Gasteiger partial charge < -0.3 is 9.47 Å². The van der Waals surface area contributed by atoms with E-state index in [0.717, 1.165) is 30.3 Å². The van der Waals surface area contributed by atoms with E-state index in [1.54, 1.807) is 11.6 Å². The number of nitrogens with zero attached hydrogens (tertiary/aromatic N) is 5. The Balaban J connectivity index is 1.66. The predicted molar refractivity (Wildman–Crippen MR) is 100 cm³/mol.